The van der Waals surface area contributed by atoms with Crippen molar-refractivity contribution in [1.29, 1.82) is 0 Å². The van der Waals surface area contributed by atoms with E-state index in [9.17, 15) is 9.59 Å². The SMILES string of the molecule is Cc1ccc(CN2C(=O)N/C(=C/c3ccc(-c4cc(Cl)ccc4C)o3)C2=O)cc1. The van der Waals surface area contributed by atoms with Crippen LogP contribution in [0.25, 0.3) is 17.4 Å². The first-order chi connectivity index (χ1) is 13.9. The Hall–Kier alpha value is -3.31. The summed E-state index contributed by atoms with van der Waals surface area (Å²) in [6.45, 7) is 4.17. The number of carbonyl (C=O) groups is 2. The molecule has 4 rings (SSSR count). The highest BCUT2D eigenvalue weighted by molar-refractivity contribution is 6.30. The van der Waals surface area contributed by atoms with Gasteiger partial charge in [-0.15, -0.1) is 0 Å². The highest BCUT2D eigenvalue weighted by Crippen LogP contribution is 2.29. The number of nitrogens with one attached hydrogen (secondary N) is 1. The average Bonchev–Trinajstić information content (AvgIpc) is 3.26. The van der Waals surface area contributed by atoms with Gasteiger partial charge in [-0.2, -0.15) is 0 Å². The first kappa shape index (κ1) is 19.0. The number of benzene rings is 2. The Balaban J connectivity index is 1.55. The van der Waals surface area contributed by atoms with Gasteiger partial charge in [-0.1, -0.05) is 47.5 Å². The molecule has 0 aliphatic carbocycles. The molecule has 1 fully saturated rings. The Morgan fingerprint density at radius 3 is 2.55 bits per heavy atom. The number of rotatable bonds is 4. The molecule has 0 radical (unpaired) electrons. The van der Waals surface area contributed by atoms with E-state index >= 15 is 0 Å². The van der Waals surface area contributed by atoms with E-state index in [1.807, 2.05) is 62.4 Å². The third-order valence-corrected chi connectivity index (χ3v) is 5.04. The summed E-state index contributed by atoms with van der Waals surface area (Å²) in [6, 6.07) is 16.4. The van der Waals surface area contributed by atoms with Crippen molar-refractivity contribution in [3.63, 3.8) is 0 Å². The van der Waals surface area contributed by atoms with Crippen LogP contribution in [0.3, 0.4) is 0 Å². The summed E-state index contributed by atoms with van der Waals surface area (Å²) >= 11 is 6.09. The Bertz CT molecular complexity index is 1130. The first-order valence-electron chi connectivity index (χ1n) is 9.17. The Morgan fingerprint density at radius 1 is 1.03 bits per heavy atom. The average molecular weight is 407 g/mol. The molecule has 6 heteroatoms. The molecule has 146 valence electrons. The van der Waals surface area contributed by atoms with Gasteiger partial charge in [0.15, 0.2) is 0 Å². The number of nitrogens with zero attached hydrogens (tertiary/aromatic N) is 1. The number of hydrogen-bond donors (Lipinski definition) is 1. The molecule has 1 N–H and O–H groups in total. The van der Waals surface area contributed by atoms with Gasteiger partial charge in [0.05, 0.1) is 6.54 Å². The van der Waals surface area contributed by atoms with Crippen LogP contribution in [0.15, 0.2) is 64.7 Å². The van der Waals surface area contributed by atoms with Crippen molar-refractivity contribution < 1.29 is 14.0 Å². The molecule has 1 aromatic heterocycles. The Labute approximate surface area is 173 Å². The smallest absolute Gasteiger partial charge is 0.329 e. The van der Waals surface area contributed by atoms with Gasteiger partial charge in [0.25, 0.3) is 5.91 Å². The van der Waals surface area contributed by atoms with Gasteiger partial charge in [-0.3, -0.25) is 9.69 Å². The molecule has 0 unspecified atom stereocenters. The maximum atomic E-state index is 12.7. The summed E-state index contributed by atoms with van der Waals surface area (Å²) in [7, 11) is 0. The number of urea groups is 1. The number of furan rings is 1. The normalized spacial score (nSPS) is 15.3. The molecule has 3 aromatic rings. The molecule has 0 spiro atoms. The summed E-state index contributed by atoms with van der Waals surface area (Å²) < 4.78 is 5.86. The van der Waals surface area contributed by atoms with Crippen LogP contribution in [0.4, 0.5) is 4.79 Å². The minimum absolute atomic E-state index is 0.186. The zero-order valence-corrected chi connectivity index (χ0v) is 16.8. The molecule has 1 aliphatic heterocycles. The molecule has 0 bridgehead atoms. The fourth-order valence-corrected chi connectivity index (χ4v) is 3.34. The van der Waals surface area contributed by atoms with Crippen molar-refractivity contribution in [2.24, 2.45) is 0 Å². The monoisotopic (exact) mass is 406 g/mol. The zero-order valence-electron chi connectivity index (χ0n) is 16.0. The lowest BCUT2D eigenvalue weighted by Gasteiger charge is -2.11. The standard InChI is InChI=1S/C23H19ClN2O3/c1-14-3-6-16(7-4-14)13-26-22(27)20(25-23(26)28)12-18-9-10-21(29-18)19-11-17(24)8-5-15(19)2/h3-12H,13H2,1-2H3,(H,25,28)/b20-12+. The fourth-order valence-electron chi connectivity index (χ4n) is 3.17. The third-order valence-electron chi connectivity index (χ3n) is 4.80. The van der Waals surface area contributed by atoms with Crippen molar-refractivity contribution >= 4 is 29.6 Å². The predicted octanol–water partition coefficient (Wildman–Crippen LogP) is 5.31. The van der Waals surface area contributed by atoms with Crippen LogP contribution in [-0.2, 0) is 11.3 Å². The maximum absolute atomic E-state index is 12.7. The number of carbonyl (C=O) groups excluding carboxylic acids is 2. The van der Waals surface area contributed by atoms with Gasteiger partial charge in [0, 0.05) is 16.7 Å². The van der Waals surface area contributed by atoms with E-state index in [4.69, 9.17) is 16.0 Å². The van der Waals surface area contributed by atoms with Crippen LogP contribution in [-0.4, -0.2) is 16.8 Å². The highest BCUT2D eigenvalue weighted by atomic mass is 35.5. The molecular weight excluding hydrogens is 388 g/mol. The number of imide groups is 1. The van der Waals surface area contributed by atoms with Gasteiger partial charge in [-0.05, 0) is 49.2 Å². The molecule has 0 atom stereocenters. The minimum atomic E-state index is -0.445. The molecule has 5 nitrogen and oxygen atoms in total. The lowest BCUT2D eigenvalue weighted by atomic mass is 10.1. The summed E-state index contributed by atoms with van der Waals surface area (Å²) in [4.78, 5) is 26.1. The van der Waals surface area contributed by atoms with Crippen molar-refractivity contribution in [2.75, 3.05) is 0 Å². The molecule has 1 aliphatic rings. The van der Waals surface area contributed by atoms with Crippen LogP contribution >= 0.6 is 11.6 Å². The molecule has 3 amide bonds. The minimum Gasteiger partial charge on any atom is -0.457 e. The number of aryl methyl sites for hydroxylation is 2. The summed E-state index contributed by atoms with van der Waals surface area (Å²) in [5.74, 6) is 0.734. The van der Waals surface area contributed by atoms with Crippen molar-refractivity contribution in [3.8, 4) is 11.3 Å². The maximum Gasteiger partial charge on any atom is 0.329 e. The summed E-state index contributed by atoms with van der Waals surface area (Å²) in [6.07, 6.45) is 1.54. The van der Waals surface area contributed by atoms with Gasteiger partial charge < -0.3 is 9.73 Å². The van der Waals surface area contributed by atoms with Crippen LogP contribution < -0.4 is 5.32 Å². The Kier molecular flexibility index (Phi) is 4.99. The number of halogens is 1. The summed E-state index contributed by atoms with van der Waals surface area (Å²) in [5, 5.41) is 3.24. The van der Waals surface area contributed by atoms with E-state index < -0.39 is 6.03 Å². The predicted molar refractivity (Wildman–Crippen MR) is 112 cm³/mol. The summed E-state index contributed by atoms with van der Waals surface area (Å²) in [5.41, 5.74) is 4.10. The Morgan fingerprint density at radius 2 is 1.79 bits per heavy atom. The molecular formula is C23H19ClN2O3. The molecule has 1 saturated heterocycles. The molecule has 0 saturated carbocycles. The third kappa shape index (κ3) is 3.96. The quantitative estimate of drug-likeness (QED) is 0.471. The van der Waals surface area contributed by atoms with Crippen LogP contribution in [0.1, 0.15) is 22.5 Å². The van der Waals surface area contributed by atoms with Gasteiger partial charge in [0.1, 0.15) is 17.2 Å². The van der Waals surface area contributed by atoms with E-state index in [1.165, 1.54) is 4.90 Å². The number of hydrogen-bond acceptors (Lipinski definition) is 3. The van der Waals surface area contributed by atoms with E-state index in [0.29, 0.717) is 16.5 Å². The molecule has 29 heavy (non-hydrogen) atoms. The van der Waals surface area contributed by atoms with Crippen molar-refractivity contribution in [3.05, 3.63) is 87.8 Å². The van der Waals surface area contributed by atoms with E-state index in [1.54, 1.807) is 12.1 Å². The van der Waals surface area contributed by atoms with Gasteiger partial charge >= 0.3 is 6.03 Å². The topological polar surface area (TPSA) is 62.6 Å². The fraction of sp³-hybridized carbons (Fsp3) is 0.130. The molecule has 2 heterocycles. The largest absolute Gasteiger partial charge is 0.457 e. The van der Waals surface area contributed by atoms with E-state index in [0.717, 1.165) is 22.3 Å². The second-order valence-electron chi connectivity index (χ2n) is 7.03. The van der Waals surface area contributed by atoms with E-state index in [2.05, 4.69) is 5.32 Å². The van der Waals surface area contributed by atoms with Crippen molar-refractivity contribution in [1.82, 2.24) is 10.2 Å². The van der Waals surface area contributed by atoms with Crippen LogP contribution in [0.5, 0.6) is 0 Å². The zero-order chi connectivity index (χ0) is 20.5. The second-order valence-corrected chi connectivity index (χ2v) is 7.46. The van der Waals surface area contributed by atoms with Crippen LogP contribution in [0, 0.1) is 13.8 Å². The number of amides is 3. The lowest BCUT2D eigenvalue weighted by Crippen LogP contribution is -2.30. The molecule has 2 aromatic carbocycles. The van der Waals surface area contributed by atoms with Gasteiger partial charge in [-0.25, -0.2) is 4.79 Å². The van der Waals surface area contributed by atoms with Gasteiger partial charge in [0.2, 0.25) is 0 Å². The highest BCUT2D eigenvalue weighted by Gasteiger charge is 2.33. The van der Waals surface area contributed by atoms with E-state index in [-0.39, 0.29) is 18.1 Å². The lowest BCUT2D eigenvalue weighted by molar-refractivity contribution is -0.123. The first-order valence-corrected chi connectivity index (χ1v) is 9.55. The second kappa shape index (κ2) is 7.60. The van der Waals surface area contributed by atoms with Crippen LogP contribution in [0.2, 0.25) is 5.02 Å². The van der Waals surface area contributed by atoms with Crippen molar-refractivity contribution in [2.45, 2.75) is 20.4 Å².